The van der Waals surface area contributed by atoms with Gasteiger partial charge in [0.25, 0.3) is 0 Å². The van der Waals surface area contributed by atoms with E-state index in [1.807, 2.05) is 11.7 Å². The summed E-state index contributed by atoms with van der Waals surface area (Å²) in [4.78, 5) is 12.3. The van der Waals surface area contributed by atoms with Crippen LogP contribution in [0.1, 0.15) is 69.3 Å². The second-order valence-electron chi connectivity index (χ2n) is 7.43. The Hall–Kier alpha value is -1.36. The van der Waals surface area contributed by atoms with E-state index in [-0.39, 0.29) is 11.8 Å². The van der Waals surface area contributed by atoms with E-state index in [2.05, 4.69) is 29.6 Å². The lowest BCUT2D eigenvalue weighted by molar-refractivity contribution is -0.126. The van der Waals surface area contributed by atoms with Crippen molar-refractivity contribution in [3.63, 3.8) is 0 Å². The Balaban J connectivity index is 1.57. The third-order valence-corrected chi connectivity index (χ3v) is 5.56. The number of carbonyl (C=O) groups is 1. The minimum absolute atomic E-state index is 0.196. The number of carbonyl (C=O) groups excluding carboxylic acids is 1. The first-order valence-electron chi connectivity index (χ1n) is 9.69. The zero-order valence-electron chi connectivity index (χ0n) is 15.4. The summed E-state index contributed by atoms with van der Waals surface area (Å²) in [7, 11) is 2.04. The molecule has 24 heavy (non-hydrogen) atoms. The first-order chi connectivity index (χ1) is 11.6. The van der Waals surface area contributed by atoms with Gasteiger partial charge >= 0.3 is 0 Å². The van der Waals surface area contributed by atoms with Gasteiger partial charge in [0.1, 0.15) is 0 Å². The van der Waals surface area contributed by atoms with Crippen LogP contribution in [0.5, 0.6) is 0 Å². The Morgan fingerprint density at radius 1 is 1.17 bits per heavy atom. The predicted molar refractivity (Wildman–Crippen MR) is 95.7 cm³/mol. The molecule has 0 spiro atoms. The SMILES string of the molecule is CCc1nn(C)c(CC)c1CN[C@@H]1CCC[C@@H](C(=O)NC2CC2)C1. The van der Waals surface area contributed by atoms with Gasteiger partial charge in [-0.05, 0) is 44.9 Å². The van der Waals surface area contributed by atoms with Gasteiger partial charge in [-0.15, -0.1) is 0 Å². The van der Waals surface area contributed by atoms with Crippen molar-refractivity contribution in [2.75, 3.05) is 0 Å². The van der Waals surface area contributed by atoms with Gasteiger partial charge in [0, 0.05) is 42.9 Å². The molecule has 0 aromatic carbocycles. The van der Waals surface area contributed by atoms with Crippen molar-refractivity contribution in [1.29, 1.82) is 0 Å². The van der Waals surface area contributed by atoms with E-state index >= 15 is 0 Å². The molecular weight excluding hydrogens is 300 g/mol. The fourth-order valence-corrected chi connectivity index (χ4v) is 4.00. The highest BCUT2D eigenvalue weighted by Crippen LogP contribution is 2.27. The average molecular weight is 332 g/mol. The monoisotopic (exact) mass is 332 g/mol. The van der Waals surface area contributed by atoms with Crippen molar-refractivity contribution in [2.24, 2.45) is 13.0 Å². The maximum Gasteiger partial charge on any atom is 0.223 e. The zero-order chi connectivity index (χ0) is 17.1. The number of hydrogen-bond donors (Lipinski definition) is 2. The van der Waals surface area contributed by atoms with Crippen molar-refractivity contribution in [3.05, 3.63) is 17.0 Å². The van der Waals surface area contributed by atoms with E-state index in [0.717, 1.165) is 38.6 Å². The molecule has 5 nitrogen and oxygen atoms in total. The van der Waals surface area contributed by atoms with Gasteiger partial charge in [0.15, 0.2) is 0 Å². The van der Waals surface area contributed by atoms with Crippen LogP contribution in [0.2, 0.25) is 0 Å². The van der Waals surface area contributed by atoms with Gasteiger partial charge in [-0.25, -0.2) is 0 Å². The Morgan fingerprint density at radius 3 is 2.62 bits per heavy atom. The highest BCUT2D eigenvalue weighted by atomic mass is 16.2. The minimum atomic E-state index is 0.196. The van der Waals surface area contributed by atoms with Crippen molar-refractivity contribution in [2.45, 2.75) is 83.8 Å². The van der Waals surface area contributed by atoms with E-state index in [0.29, 0.717) is 12.1 Å². The number of amides is 1. The Kier molecular flexibility index (Phi) is 5.59. The molecule has 2 aliphatic carbocycles. The van der Waals surface area contributed by atoms with Gasteiger partial charge < -0.3 is 10.6 Å². The van der Waals surface area contributed by atoms with Crippen molar-refractivity contribution in [3.8, 4) is 0 Å². The maximum atomic E-state index is 12.3. The lowest BCUT2D eigenvalue weighted by atomic mass is 9.85. The standard InChI is InChI=1S/C19H32N4O/c1-4-17-16(18(5-2)23(3)22-17)12-20-15-8-6-7-13(11-15)19(24)21-14-9-10-14/h13-15,20H,4-12H2,1-3H3,(H,21,24)/t13-,15-/m1/s1. The summed E-state index contributed by atoms with van der Waals surface area (Å²) in [5.41, 5.74) is 3.91. The van der Waals surface area contributed by atoms with Crippen molar-refractivity contribution < 1.29 is 4.79 Å². The van der Waals surface area contributed by atoms with E-state index in [1.54, 1.807) is 0 Å². The number of nitrogens with one attached hydrogen (secondary N) is 2. The fraction of sp³-hybridized carbons (Fsp3) is 0.789. The summed E-state index contributed by atoms with van der Waals surface area (Å²) < 4.78 is 2.03. The lowest BCUT2D eigenvalue weighted by Gasteiger charge is -2.29. The van der Waals surface area contributed by atoms with Crippen molar-refractivity contribution in [1.82, 2.24) is 20.4 Å². The Bertz CT molecular complexity index is 576. The third-order valence-electron chi connectivity index (χ3n) is 5.56. The van der Waals surface area contributed by atoms with Crippen LogP contribution in [0.3, 0.4) is 0 Å². The average Bonchev–Trinajstić information content (AvgIpc) is 3.34. The summed E-state index contributed by atoms with van der Waals surface area (Å²) in [6, 6.07) is 0.920. The third kappa shape index (κ3) is 4.00. The highest BCUT2D eigenvalue weighted by Gasteiger charge is 2.31. The molecular formula is C19H32N4O. The molecule has 3 rings (SSSR count). The van der Waals surface area contributed by atoms with E-state index in [4.69, 9.17) is 0 Å². The van der Waals surface area contributed by atoms with Crippen LogP contribution in [0.4, 0.5) is 0 Å². The highest BCUT2D eigenvalue weighted by molar-refractivity contribution is 5.79. The predicted octanol–water partition coefficient (Wildman–Crippen LogP) is 2.47. The van der Waals surface area contributed by atoms with Gasteiger partial charge in [-0.2, -0.15) is 5.10 Å². The van der Waals surface area contributed by atoms with Gasteiger partial charge in [-0.3, -0.25) is 9.48 Å². The van der Waals surface area contributed by atoms with Crippen LogP contribution in [0.15, 0.2) is 0 Å². The van der Waals surface area contributed by atoms with Gasteiger partial charge in [-0.1, -0.05) is 20.3 Å². The Morgan fingerprint density at radius 2 is 1.96 bits per heavy atom. The summed E-state index contributed by atoms with van der Waals surface area (Å²) >= 11 is 0. The number of nitrogens with zero attached hydrogens (tertiary/aromatic N) is 2. The molecule has 1 heterocycles. The molecule has 1 aromatic heterocycles. The lowest BCUT2D eigenvalue weighted by Crippen LogP contribution is -2.40. The molecule has 0 bridgehead atoms. The quantitative estimate of drug-likeness (QED) is 0.806. The minimum Gasteiger partial charge on any atom is -0.353 e. The van der Waals surface area contributed by atoms with Gasteiger partial charge in [0.05, 0.1) is 5.69 Å². The molecule has 1 amide bonds. The van der Waals surface area contributed by atoms with Crippen LogP contribution in [0.25, 0.3) is 0 Å². The molecule has 0 radical (unpaired) electrons. The molecule has 0 unspecified atom stereocenters. The molecule has 0 aliphatic heterocycles. The molecule has 5 heteroatoms. The van der Waals surface area contributed by atoms with Crippen LogP contribution in [-0.4, -0.2) is 27.8 Å². The van der Waals surface area contributed by atoms with E-state index in [9.17, 15) is 4.79 Å². The van der Waals surface area contributed by atoms with E-state index < -0.39 is 0 Å². The van der Waals surface area contributed by atoms with Gasteiger partial charge in [0.2, 0.25) is 5.91 Å². The summed E-state index contributed by atoms with van der Waals surface area (Å²) in [5.74, 6) is 0.482. The normalized spacial score (nSPS) is 24.1. The number of rotatable bonds is 7. The van der Waals surface area contributed by atoms with Crippen LogP contribution < -0.4 is 10.6 Å². The molecule has 2 aliphatic rings. The second kappa shape index (κ2) is 7.68. The molecule has 2 fully saturated rings. The molecule has 2 N–H and O–H groups in total. The molecule has 134 valence electrons. The number of aromatic nitrogens is 2. The topological polar surface area (TPSA) is 59.0 Å². The van der Waals surface area contributed by atoms with E-state index in [1.165, 1.54) is 36.2 Å². The first-order valence-corrected chi connectivity index (χ1v) is 9.69. The van der Waals surface area contributed by atoms with Crippen LogP contribution in [0, 0.1) is 5.92 Å². The fourth-order valence-electron chi connectivity index (χ4n) is 4.00. The largest absolute Gasteiger partial charge is 0.353 e. The number of aryl methyl sites for hydroxylation is 2. The summed E-state index contributed by atoms with van der Waals surface area (Å²) in [5, 5.41) is 11.6. The van der Waals surface area contributed by atoms with Crippen LogP contribution in [-0.2, 0) is 31.2 Å². The number of hydrogen-bond acceptors (Lipinski definition) is 3. The summed E-state index contributed by atoms with van der Waals surface area (Å²) in [6.45, 7) is 5.24. The Labute approximate surface area is 145 Å². The smallest absolute Gasteiger partial charge is 0.223 e. The molecule has 0 saturated heterocycles. The zero-order valence-corrected chi connectivity index (χ0v) is 15.4. The van der Waals surface area contributed by atoms with Crippen LogP contribution >= 0.6 is 0 Å². The van der Waals surface area contributed by atoms with Crippen molar-refractivity contribution >= 4 is 5.91 Å². The summed E-state index contributed by atoms with van der Waals surface area (Å²) in [6.07, 6.45) is 8.66. The second-order valence-corrected chi connectivity index (χ2v) is 7.43. The molecule has 2 atom stereocenters. The maximum absolute atomic E-state index is 12.3. The molecule has 2 saturated carbocycles. The molecule has 1 aromatic rings. The first kappa shape index (κ1) is 17.5.